The summed E-state index contributed by atoms with van der Waals surface area (Å²) in [6.45, 7) is 39.7. The van der Waals surface area contributed by atoms with E-state index in [1.54, 1.807) is 55.4 Å². The van der Waals surface area contributed by atoms with Crippen LogP contribution in [0.2, 0.25) is 0 Å². The molecule has 0 aliphatic carbocycles. The first-order chi connectivity index (χ1) is 38.6. The van der Waals surface area contributed by atoms with Crippen LogP contribution in [-0.4, -0.2) is 247 Å². The van der Waals surface area contributed by atoms with E-state index in [2.05, 4.69) is 37.5 Å². The van der Waals surface area contributed by atoms with E-state index < -0.39 is 125 Å². The van der Waals surface area contributed by atoms with E-state index in [-0.39, 0.29) is 66.8 Å². The number of likely N-dealkylation sites (N-methyl/N-ethyl adjacent to an activating group) is 1. The molecule has 4 aliphatic heterocycles. The van der Waals surface area contributed by atoms with Crippen LogP contribution < -0.4 is 0 Å². The lowest BCUT2D eigenvalue weighted by atomic mass is 9.78. The topological polar surface area (TPSA) is 264 Å². The van der Waals surface area contributed by atoms with Crippen molar-refractivity contribution in [2.24, 2.45) is 47.3 Å². The van der Waals surface area contributed by atoms with Crippen molar-refractivity contribution in [2.75, 3.05) is 54.4 Å². The van der Waals surface area contributed by atoms with Gasteiger partial charge in [0.1, 0.15) is 29.5 Å². The average Bonchev–Trinajstić information content (AvgIpc) is 3.68. The molecule has 0 saturated carbocycles. The zero-order valence-electron chi connectivity index (χ0n) is 56.6. The molecule has 20 nitrogen and oxygen atoms in total. The zero-order valence-corrected chi connectivity index (χ0v) is 56.6. The average molecular weight is 1210 g/mol. The number of esters is 2. The molecule has 28 atom stereocenters. The maximum Gasteiger partial charge on any atom is 0.311 e. The quantitative estimate of drug-likeness (QED) is 0.129. The number of carbonyl (C=O) groups excluding carboxylic acids is 2. The third-order valence-corrected chi connectivity index (χ3v) is 20.7. The maximum absolute atomic E-state index is 13.8. The van der Waals surface area contributed by atoms with Gasteiger partial charge in [0, 0.05) is 61.9 Å². The van der Waals surface area contributed by atoms with E-state index in [1.807, 2.05) is 79.5 Å². The van der Waals surface area contributed by atoms with Crippen LogP contribution in [-0.2, 0) is 38.0 Å². The summed E-state index contributed by atoms with van der Waals surface area (Å²) in [5, 5.41) is 91.7. The fourth-order valence-electron chi connectivity index (χ4n) is 14.4. The molecule has 0 bridgehead atoms. The van der Waals surface area contributed by atoms with Gasteiger partial charge in [0.25, 0.3) is 0 Å². The van der Waals surface area contributed by atoms with Crippen molar-refractivity contribution in [3.8, 4) is 0 Å². The lowest BCUT2D eigenvalue weighted by Crippen LogP contribution is -2.59. The van der Waals surface area contributed by atoms with Gasteiger partial charge in [-0.15, -0.1) is 0 Å². The van der Waals surface area contributed by atoms with E-state index in [4.69, 9.17) is 28.4 Å². The Labute approximate surface area is 507 Å². The van der Waals surface area contributed by atoms with Crippen molar-refractivity contribution in [2.45, 2.75) is 297 Å². The minimum atomic E-state index is -1.72. The Bertz CT molecular complexity index is 1980. The lowest BCUT2D eigenvalue weighted by Gasteiger charge is -2.46. The molecule has 4 aliphatic rings. The highest BCUT2D eigenvalue weighted by Crippen LogP contribution is 2.40. The number of hydrogen-bond acceptors (Lipinski definition) is 20. The van der Waals surface area contributed by atoms with Crippen molar-refractivity contribution < 1.29 is 78.9 Å². The van der Waals surface area contributed by atoms with E-state index in [1.165, 1.54) is 13.8 Å². The Morgan fingerprint density at radius 1 is 0.548 bits per heavy atom. The molecule has 0 aromatic carbocycles. The first kappa shape index (κ1) is 76.5. The van der Waals surface area contributed by atoms with Crippen LogP contribution in [0, 0.1) is 47.3 Å². The predicted octanol–water partition coefficient (Wildman–Crippen LogP) is 5.28. The SMILES string of the molecule is CC[C@H]1OC(=O)[C@H](C)[C@@H](O[C@H]2CC(N(C)C)[C@H](C)C(C)O2)[C@H](C)[C@@H](O)[C@](C)(O)C[C@@H](C)N(C)C[C@H](C)[C@@H](O)[C@]1(C)O.CC[C@H]1OC(=O)[C@H](C)[C@@H](O[C@H]2CC(N(CC)CC)[C@H](C)C(C)O2)[C@H](C)[C@@H](O)[C@](C)(O)C[C@@H](C)CN(C)[C@H](C)[C@@H](O)[C@]1(C)O. The molecule has 0 spiro atoms. The largest absolute Gasteiger partial charge is 0.459 e. The second kappa shape index (κ2) is 31.8. The number of aliphatic hydroxyl groups is 8. The van der Waals surface area contributed by atoms with Crippen LogP contribution in [0.3, 0.4) is 0 Å². The Balaban J connectivity index is 0.000000441. The summed E-state index contributed by atoms with van der Waals surface area (Å²) in [4.78, 5) is 35.9. The molecule has 0 amide bonds. The smallest absolute Gasteiger partial charge is 0.311 e. The molecular formula is C64H124N4O16. The summed E-state index contributed by atoms with van der Waals surface area (Å²) in [5.74, 6) is -4.15. The lowest BCUT2D eigenvalue weighted by molar-refractivity contribution is -0.261. The molecule has 4 unspecified atom stereocenters. The molecule has 0 aromatic heterocycles. The van der Waals surface area contributed by atoms with E-state index >= 15 is 0 Å². The van der Waals surface area contributed by atoms with Gasteiger partial charge in [-0.05, 0) is 160 Å². The number of aliphatic hydroxyl groups excluding tert-OH is 4. The Morgan fingerprint density at radius 2 is 0.940 bits per heavy atom. The summed E-state index contributed by atoms with van der Waals surface area (Å²) in [5.41, 5.74) is -6.40. The monoisotopic (exact) mass is 1200 g/mol. The third-order valence-electron chi connectivity index (χ3n) is 20.7. The molecule has 4 fully saturated rings. The van der Waals surface area contributed by atoms with Crippen LogP contribution in [0.25, 0.3) is 0 Å². The predicted molar refractivity (Wildman–Crippen MR) is 325 cm³/mol. The second-order valence-electron chi connectivity index (χ2n) is 28.1. The first-order valence-electron chi connectivity index (χ1n) is 32.0. The summed E-state index contributed by atoms with van der Waals surface area (Å²) in [6.07, 6.45) is -7.60. The molecule has 4 heterocycles. The molecule has 20 heteroatoms. The molecule has 496 valence electrons. The molecule has 0 radical (unpaired) electrons. The highest BCUT2D eigenvalue weighted by Gasteiger charge is 2.52. The van der Waals surface area contributed by atoms with E-state index in [0.717, 1.165) is 13.1 Å². The van der Waals surface area contributed by atoms with Gasteiger partial charge in [0.2, 0.25) is 0 Å². The number of ether oxygens (including phenoxy) is 6. The van der Waals surface area contributed by atoms with Crippen molar-refractivity contribution >= 4 is 11.9 Å². The molecule has 84 heavy (non-hydrogen) atoms. The van der Waals surface area contributed by atoms with Gasteiger partial charge in [-0.3, -0.25) is 9.59 Å². The Hall–Kier alpha value is -1.70. The van der Waals surface area contributed by atoms with Crippen molar-refractivity contribution in [1.29, 1.82) is 0 Å². The van der Waals surface area contributed by atoms with Gasteiger partial charge in [-0.2, -0.15) is 0 Å². The molecule has 4 rings (SSSR count). The van der Waals surface area contributed by atoms with Gasteiger partial charge in [-0.25, -0.2) is 0 Å². The van der Waals surface area contributed by atoms with Gasteiger partial charge in [0.15, 0.2) is 12.6 Å². The Morgan fingerprint density at radius 3 is 1.35 bits per heavy atom. The minimum absolute atomic E-state index is 0.0536. The highest BCUT2D eigenvalue weighted by atomic mass is 16.7. The van der Waals surface area contributed by atoms with Crippen LogP contribution in [0.5, 0.6) is 0 Å². The van der Waals surface area contributed by atoms with Crippen molar-refractivity contribution in [1.82, 2.24) is 19.6 Å². The summed E-state index contributed by atoms with van der Waals surface area (Å²) >= 11 is 0. The van der Waals surface area contributed by atoms with E-state index in [0.29, 0.717) is 38.8 Å². The Kier molecular flexibility index (Phi) is 29.0. The van der Waals surface area contributed by atoms with Gasteiger partial charge in [-0.1, -0.05) is 69.2 Å². The summed E-state index contributed by atoms with van der Waals surface area (Å²) in [7, 11) is 7.78. The molecular weight excluding hydrogens is 1080 g/mol. The number of hydrogen-bond donors (Lipinski definition) is 8. The third kappa shape index (κ3) is 18.7. The maximum atomic E-state index is 13.8. The van der Waals surface area contributed by atoms with Crippen LogP contribution in [0.15, 0.2) is 0 Å². The van der Waals surface area contributed by atoms with Crippen LogP contribution >= 0.6 is 0 Å². The first-order valence-corrected chi connectivity index (χ1v) is 32.0. The molecule has 8 N–H and O–H groups in total. The fraction of sp³-hybridized carbons (Fsp3) is 0.969. The normalized spacial score (nSPS) is 47.5. The van der Waals surface area contributed by atoms with E-state index in [9.17, 15) is 50.4 Å². The molecule has 4 saturated heterocycles. The van der Waals surface area contributed by atoms with Gasteiger partial charge < -0.3 is 88.9 Å². The van der Waals surface area contributed by atoms with Gasteiger partial charge >= 0.3 is 11.9 Å². The fourth-order valence-corrected chi connectivity index (χ4v) is 14.4. The van der Waals surface area contributed by atoms with Crippen molar-refractivity contribution in [3.63, 3.8) is 0 Å². The number of nitrogens with zero attached hydrogens (tertiary/aromatic N) is 4. The molecule has 0 aromatic rings. The summed E-state index contributed by atoms with van der Waals surface area (Å²) in [6, 6.07) is -0.212. The second-order valence-corrected chi connectivity index (χ2v) is 28.1. The van der Waals surface area contributed by atoms with Crippen molar-refractivity contribution in [3.05, 3.63) is 0 Å². The van der Waals surface area contributed by atoms with Crippen LogP contribution in [0.1, 0.15) is 177 Å². The minimum Gasteiger partial charge on any atom is -0.459 e. The summed E-state index contributed by atoms with van der Waals surface area (Å²) < 4.78 is 37.5. The van der Waals surface area contributed by atoms with Gasteiger partial charge in [0.05, 0.1) is 65.8 Å². The number of cyclic esters (lactones) is 2. The number of rotatable bonds is 10. The standard InChI is InChI=1S/C33H64N2O8.C31H60N2O8/c1-13-26-33(11,40)30(37)23(8)34(12)18-19(4)17-32(10,39)29(36)21(6)28(22(7)31(38)42-26)43-27-16-25(35(14-2)15-3)20(5)24(9)41-27;1-13-24-31(9,38)27(34)17(2)16-33(12)18(3)15-30(8,37)28(35)20(5)26(21(6)29(36)40-24)41-25-14-23(32(10)11)19(4)22(7)39-25/h19-30,36-37,39-40H,13-18H2,1-12H3;17-28,34-35,37-38H,13-16H2,1-12H3/t19-,20-,21+,22-,23-,24?,25?,26-,27+,28+,29-,30-,32-,33-;17-,18+,19+,20-,21+,22?,23?,24+,25-,26-,27+,28+,30+,31+/m10/s1. The highest BCUT2D eigenvalue weighted by molar-refractivity contribution is 5.73. The number of carbonyl (C=O) groups is 2. The van der Waals surface area contributed by atoms with Crippen LogP contribution in [0.4, 0.5) is 0 Å². The zero-order chi connectivity index (χ0) is 64.6.